The zero-order valence-electron chi connectivity index (χ0n) is 12.2. The molecule has 102 valence electrons. The summed E-state index contributed by atoms with van der Waals surface area (Å²) in [6, 6.07) is 0. The van der Waals surface area contributed by atoms with Crippen molar-refractivity contribution in [2.45, 2.75) is 47.1 Å². The highest BCUT2D eigenvalue weighted by Gasteiger charge is 2.15. The van der Waals surface area contributed by atoms with E-state index in [4.69, 9.17) is 4.74 Å². The SMILES string of the molecule is CCN(CCNC(=O)OC(C)(C)C)CC(C)C. The summed E-state index contributed by atoms with van der Waals surface area (Å²) in [5.41, 5.74) is -0.424. The lowest BCUT2D eigenvalue weighted by Crippen LogP contribution is -2.39. The molecule has 17 heavy (non-hydrogen) atoms. The lowest BCUT2D eigenvalue weighted by Gasteiger charge is -2.23. The van der Waals surface area contributed by atoms with Crippen LogP contribution in [0.15, 0.2) is 0 Å². The van der Waals surface area contributed by atoms with E-state index in [1.807, 2.05) is 20.8 Å². The molecule has 0 aromatic heterocycles. The lowest BCUT2D eigenvalue weighted by molar-refractivity contribution is 0.0522. The number of carbonyl (C=O) groups is 1. The van der Waals surface area contributed by atoms with Gasteiger partial charge in [0, 0.05) is 19.6 Å². The van der Waals surface area contributed by atoms with Crippen LogP contribution >= 0.6 is 0 Å². The van der Waals surface area contributed by atoms with Crippen molar-refractivity contribution in [3.05, 3.63) is 0 Å². The molecule has 4 heteroatoms. The maximum absolute atomic E-state index is 11.4. The van der Waals surface area contributed by atoms with Crippen LogP contribution in [0.25, 0.3) is 0 Å². The molecule has 0 saturated carbocycles. The Morgan fingerprint density at radius 2 is 1.94 bits per heavy atom. The normalized spacial score (nSPS) is 12.0. The number of carbonyl (C=O) groups excluding carboxylic acids is 1. The maximum Gasteiger partial charge on any atom is 0.407 e. The lowest BCUT2D eigenvalue weighted by atomic mass is 10.2. The number of amides is 1. The predicted octanol–water partition coefficient (Wildman–Crippen LogP) is 2.49. The Balaban J connectivity index is 3.78. The minimum atomic E-state index is -0.424. The molecule has 1 amide bonds. The standard InChI is InChI=1S/C13H28N2O2/c1-7-15(10-11(2)3)9-8-14-12(16)17-13(4,5)6/h11H,7-10H2,1-6H3,(H,14,16). The summed E-state index contributed by atoms with van der Waals surface area (Å²) in [5, 5.41) is 2.77. The molecule has 1 N–H and O–H groups in total. The van der Waals surface area contributed by atoms with Crippen molar-refractivity contribution in [2.75, 3.05) is 26.2 Å². The van der Waals surface area contributed by atoms with Gasteiger partial charge in [-0.1, -0.05) is 20.8 Å². The molecule has 0 atom stereocenters. The number of ether oxygens (including phenoxy) is 1. The molecular weight excluding hydrogens is 216 g/mol. The molecule has 0 heterocycles. The van der Waals surface area contributed by atoms with Crippen LogP contribution in [0.2, 0.25) is 0 Å². The number of nitrogens with zero attached hydrogens (tertiary/aromatic N) is 1. The smallest absolute Gasteiger partial charge is 0.407 e. The Bertz CT molecular complexity index is 222. The Morgan fingerprint density at radius 1 is 1.35 bits per heavy atom. The summed E-state index contributed by atoms with van der Waals surface area (Å²) in [6.45, 7) is 15.7. The van der Waals surface area contributed by atoms with E-state index in [0.717, 1.165) is 19.6 Å². The van der Waals surface area contributed by atoms with Crippen LogP contribution in [0, 0.1) is 5.92 Å². The summed E-state index contributed by atoms with van der Waals surface area (Å²) >= 11 is 0. The average Bonchev–Trinajstić information content (AvgIpc) is 2.12. The van der Waals surface area contributed by atoms with E-state index in [1.165, 1.54) is 0 Å². The van der Waals surface area contributed by atoms with Gasteiger partial charge in [0.2, 0.25) is 0 Å². The van der Waals surface area contributed by atoms with Gasteiger partial charge in [-0.3, -0.25) is 0 Å². The zero-order chi connectivity index (χ0) is 13.5. The first kappa shape index (κ1) is 16.2. The number of alkyl carbamates (subject to hydrolysis) is 1. The molecule has 0 saturated heterocycles. The zero-order valence-corrected chi connectivity index (χ0v) is 12.2. The summed E-state index contributed by atoms with van der Waals surface area (Å²) in [7, 11) is 0. The van der Waals surface area contributed by atoms with E-state index in [2.05, 4.69) is 31.0 Å². The van der Waals surface area contributed by atoms with E-state index in [0.29, 0.717) is 12.5 Å². The molecular formula is C13H28N2O2. The van der Waals surface area contributed by atoms with Crippen molar-refractivity contribution < 1.29 is 9.53 Å². The quantitative estimate of drug-likeness (QED) is 0.780. The molecule has 0 aliphatic rings. The Hall–Kier alpha value is -0.770. The van der Waals surface area contributed by atoms with E-state index >= 15 is 0 Å². The van der Waals surface area contributed by atoms with Gasteiger partial charge in [0.15, 0.2) is 0 Å². The van der Waals surface area contributed by atoms with Gasteiger partial charge in [-0.05, 0) is 33.2 Å². The molecule has 0 rings (SSSR count). The minimum Gasteiger partial charge on any atom is -0.444 e. The van der Waals surface area contributed by atoms with E-state index in [9.17, 15) is 4.79 Å². The van der Waals surface area contributed by atoms with Crippen LogP contribution in [0.4, 0.5) is 4.79 Å². The molecule has 0 aromatic rings. The van der Waals surface area contributed by atoms with Crippen molar-refractivity contribution in [2.24, 2.45) is 5.92 Å². The molecule has 0 fully saturated rings. The first-order valence-corrected chi connectivity index (χ1v) is 6.43. The summed E-state index contributed by atoms with van der Waals surface area (Å²) < 4.78 is 5.17. The third kappa shape index (κ3) is 10.1. The monoisotopic (exact) mass is 244 g/mol. The fourth-order valence-electron chi connectivity index (χ4n) is 1.53. The molecule has 0 aromatic carbocycles. The number of hydrogen-bond donors (Lipinski definition) is 1. The Kier molecular flexibility index (Phi) is 7.19. The van der Waals surface area contributed by atoms with E-state index in [1.54, 1.807) is 0 Å². The second-order valence-corrected chi connectivity index (χ2v) is 5.72. The van der Waals surface area contributed by atoms with Crippen molar-refractivity contribution >= 4 is 6.09 Å². The summed E-state index contributed by atoms with van der Waals surface area (Å²) in [5.74, 6) is 0.650. The predicted molar refractivity (Wildman–Crippen MR) is 71.2 cm³/mol. The number of likely N-dealkylation sites (N-methyl/N-ethyl adjacent to an activating group) is 1. The molecule has 0 bridgehead atoms. The van der Waals surface area contributed by atoms with Gasteiger partial charge in [0.25, 0.3) is 0 Å². The van der Waals surface area contributed by atoms with Crippen molar-refractivity contribution in [3.8, 4) is 0 Å². The van der Waals surface area contributed by atoms with Crippen LogP contribution in [0.3, 0.4) is 0 Å². The molecule has 4 nitrogen and oxygen atoms in total. The largest absolute Gasteiger partial charge is 0.444 e. The maximum atomic E-state index is 11.4. The Labute approximate surface area is 106 Å². The van der Waals surface area contributed by atoms with Gasteiger partial charge in [0.05, 0.1) is 0 Å². The van der Waals surface area contributed by atoms with Crippen LogP contribution in [0.1, 0.15) is 41.5 Å². The van der Waals surface area contributed by atoms with Gasteiger partial charge < -0.3 is 15.0 Å². The highest BCUT2D eigenvalue weighted by molar-refractivity contribution is 5.67. The van der Waals surface area contributed by atoms with Gasteiger partial charge in [-0.2, -0.15) is 0 Å². The van der Waals surface area contributed by atoms with Gasteiger partial charge in [-0.25, -0.2) is 4.79 Å². The first-order valence-electron chi connectivity index (χ1n) is 6.43. The molecule has 0 unspecified atom stereocenters. The highest BCUT2D eigenvalue weighted by atomic mass is 16.6. The minimum absolute atomic E-state index is 0.335. The van der Waals surface area contributed by atoms with Crippen LogP contribution in [-0.2, 0) is 4.74 Å². The van der Waals surface area contributed by atoms with E-state index < -0.39 is 5.60 Å². The van der Waals surface area contributed by atoms with Crippen LogP contribution in [0.5, 0.6) is 0 Å². The van der Waals surface area contributed by atoms with Gasteiger partial charge in [0.1, 0.15) is 5.60 Å². The molecule has 0 spiro atoms. The highest BCUT2D eigenvalue weighted by Crippen LogP contribution is 2.06. The summed E-state index contributed by atoms with van der Waals surface area (Å²) in [4.78, 5) is 13.7. The molecule has 0 aliphatic carbocycles. The number of rotatable bonds is 6. The summed E-state index contributed by atoms with van der Waals surface area (Å²) in [6.07, 6.45) is -0.335. The topological polar surface area (TPSA) is 41.6 Å². The van der Waals surface area contributed by atoms with Crippen molar-refractivity contribution in [3.63, 3.8) is 0 Å². The third-order valence-corrected chi connectivity index (χ3v) is 2.17. The number of nitrogens with one attached hydrogen (secondary N) is 1. The molecule has 0 radical (unpaired) electrons. The van der Waals surface area contributed by atoms with E-state index in [-0.39, 0.29) is 6.09 Å². The second kappa shape index (κ2) is 7.54. The van der Waals surface area contributed by atoms with Crippen molar-refractivity contribution in [1.82, 2.24) is 10.2 Å². The van der Waals surface area contributed by atoms with Crippen LogP contribution < -0.4 is 5.32 Å². The molecule has 0 aliphatic heterocycles. The second-order valence-electron chi connectivity index (χ2n) is 5.72. The average molecular weight is 244 g/mol. The van der Waals surface area contributed by atoms with Gasteiger partial charge >= 0.3 is 6.09 Å². The first-order chi connectivity index (χ1) is 7.74. The fraction of sp³-hybridized carbons (Fsp3) is 0.923. The van der Waals surface area contributed by atoms with Crippen LogP contribution in [-0.4, -0.2) is 42.8 Å². The van der Waals surface area contributed by atoms with Crippen molar-refractivity contribution in [1.29, 1.82) is 0 Å². The fourth-order valence-corrected chi connectivity index (χ4v) is 1.53. The number of hydrogen-bond acceptors (Lipinski definition) is 3. The Morgan fingerprint density at radius 3 is 2.35 bits per heavy atom. The van der Waals surface area contributed by atoms with Gasteiger partial charge in [-0.15, -0.1) is 0 Å². The third-order valence-electron chi connectivity index (χ3n) is 2.17.